The zero-order valence-electron chi connectivity index (χ0n) is 11.7. The standard InChI is InChI=1S/C15H24N2O2/c1-13-12-18-10-8-17(13)7-4-9-19-15-6-3-2-5-14(15)11-16/h2-3,5-6,13H,4,7-12,16H2,1H3. The minimum atomic E-state index is 0.519. The van der Waals surface area contributed by atoms with Gasteiger partial charge >= 0.3 is 0 Å². The van der Waals surface area contributed by atoms with Crippen LogP contribution >= 0.6 is 0 Å². The SMILES string of the molecule is CC1COCCN1CCCOc1ccccc1CN. The first-order valence-corrected chi connectivity index (χ1v) is 7.04. The summed E-state index contributed by atoms with van der Waals surface area (Å²) in [6.07, 6.45) is 1.03. The Labute approximate surface area is 115 Å². The Morgan fingerprint density at radius 2 is 2.26 bits per heavy atom. The molecule has 106 valence electrons. The summed E-state index contributed by atoms with van der Waals surface area (Å²) in [6.45, 7) is 7.26. The Balaban J connectivity index is 1.71. The number of para-hydroxylation sites is 1. The molecule has 0 amide bonds. The van der Waals surface area contributed by atoms with E-state index in [2.05, 4.69) is 11.8 Å². The van der Waals surface area contributed by atoms with Crippen LogP contribution in [0.15, 0.2) is 24.3 Å². The number of rotatable bonds is 6. The first-order chi connectivity index (χ1) is 9.31. The van der Waals surface area contributed by atoms with E-state index in [0.717, 1.165) is 50.6 Å². The normalized spacial score (nSPS) is 20.4. The number of nitrogens with zero attached hydrogens (tertiary/aromatic N) is 1. The van der Waals surface area contributed by atoms with Crippen LogP contribution in [0.25, 0.3) is 0 Å². The van der Waals surface area contributed by atoms with Crippen LogP contribution in [0.4, 0.5) is 0 Å². The molecule has 2 N–H and O–H groups in total. The fourth-order valence-electron chi connectivity index (χ4n) is 2.36. The molecule has 4 heteroatoms. The van der Waals surface area contributed by atoms with Gasteiger partial charge in [-0.15, -0.1) is 0 Å². The maximum atomic E-state index is 5.82. The second-order valence-electron chi connectivity index (χ2n) is 4.97. The van der Waals surface area contributed by atoms with Gasteiger partial charge in [0, 0.05) is 31.2 Å². The topological polar surface area (TPSA) is 47.7 Å². The zero-order valence-corrected chi connectivity index (χ0v) is 11.7. The van der Waals surface area contributed by atoms with Gasteiger partial charge in [-0.05, 0) is 19.4 Å². The molecule has 1 unspecified atom stereocenters. The van der Waals surface area contributed by atoms with Crippen molar-refractivity contribution in [1.29, 1.82) is 0 Å². The lowest BCUT2D eigenvalue weighted by molar-refractivity contribution is -0.00201. The summed E-state index contributed by atoms with van der Waals surface area (Å²) < 4.78 is 11.2. The summed E-state index contributed by atoms with van der Waals surface area (Å²) in [5.74, 6) is 0.917. The van der Waals surface area contributed by atoms with E-state index in [0.29, 0.717) is 12.6 Å². The number of ether oxygens (including phenoxy) is 2. The first-order valence-electron chi connectivity index (χ1n) is 7.04. The van der Waals surface area contributed by atoms with Crippen LogP contribution in [0.3, 0.4) is 0 Å². The molecule has 0 aromatic heterocycles. The molecule has 1 atom stereocenters. The van der Waals surface area contributed by atoms with E-state index < -0.39 is 0 Å². The van der Waals surface area contributed by atoms with E-state index in [1.807, 2.05) is 24.3 Å². The van der Waals surface area contributed by atoms with E-state index in [9.17, 15) is 0 Å². The fourth-order valence-corrected chi connectivity index (χ4v) is 2.36. The number of morpholine rings is 1. The van der Waals surface area contributed by atoms with E-state index in [1.165, 1.54) is 0 Å². The summed E-state index contributed by atoms with van der Waals surface area (Å²) in [5.41, 5.74) is 6.76. The third kappa shape index (κ3) is 4.20. The van der Waals surface area contributed by atoms with Crippen molar-refractivity contribution >= 4 is 0 Å². The molecular formula is C15H24N2O2. The molecule has 1 fully saturated rings. The van der Waals surface area contributed by atoms with Gasteiger partial charge in [-0.1, -0.05) is 18.2 Å². The van der Waals surface area contributed by atoms with Crippen LogP contribution in [0.1, 0.15) is 18.9 Å². The molecule has 1 aliphatic heterocycles. The molecule has 1 saturated heterocycles. The molecule has 0 bridgehead atoms. The van der Waals surface area contributed by atoms with Gasteiger partial charge in [0.1, 0.15) is 5.75 Å². The highest BCUT2D eigenvalue weighted by molar-refractivity contribution is 5.32. The minimum absolute atomic E-state index is 0.519. The Hall–Kier alpha value is -1.10. The quantitative estimate of drug-likeness (QED) is 0.793. The van der Waals surface area contributed by atoms with Crippen molar-refractivity contribution in [3.63, 3.8) is 0 Å². The summed E-state index contributed by atoms with van der Waals surface area (Å²) in [5, 5.41) is 0. The van der Waals surface area contributed by atoms with Gasteiger partial charge in [-0.3, -0.25) is 4.90 Å². The minimum Gasteiger partial charge on any atom is -0.493 e. The van der Waals surface area contributed by atoms with Crippen LogP contribution in [0, 0.1) is 0 Å². The molecule has 1 heterocycles. The first kappa shape index (κ1) is 14.3. The highest BCUT2D eigenvalue weighted by atomic mass is 16.5. The van der Waals surface area contributed by atoms with Crippen molar-refractivity contribution in [2.24, 2.45) is 5.73 Å². The van der Waals surface area contributed by atoms with Crippen molar-refractivity contribution in [2.75, 3.05) is 32.9 Å². The van der Waals surface area contributed by atoms with Crippen molar-refractivity contribution < 1.29 is 9.47 Å². The average molecular weight is 264 g/mol. The maximum Gasteiger partial charge on any atom is 0.123 e. The predicted molar refractivity (Wildman–Crippen MR) is 76.3 cm³/mol. The molecule has 1 aliphatic rings. The van der Waals surface area contributed by atoms with Gasteiger partial charge in [0.25, 0.3) is 0 Å². The van der Waals surface area contributed by atoms with Crippen molar-refractivity contribution in [2.45, 2.75) is 25.9 Å². The number of hydrogen-bond donors (Lipinski definition) is 1. The highest BCUT2D eigenvalue weighted by Crippen LogP contribution is 2.17. The van der Waals surface area contributed by atoms with Crippen LogP contribution in [-0.2, 0) is 11.3 Å². The largest absolute Gasteiger partial charge is 0.493 e. The Bertz CT molecular complexity index is 384. The van der Waals surface area contributed by atoms with Crippen molar-refractivity contribution in [3.05, 3.63) is 29.8 Å². The fraction of sp³-hybridized carbons (Fsp3) is 0.600. The van der Waals surface area contributed by atoms with Gasteiger partial charge in [0.05, 0.1) is 19.8 Å². The van der Waals surface area contributed by atoms with Crippen molar-refractivity contribution in [1.82, 2.24) is 4.90 Å². The summed E-state index contributed by atoms with van der Waals surface area (Å²) in [7, 11) is 0. The molecule has 2 rings (SSSR count). The lowest BCUT2D eigenvalue weighted by atomic mass is 10.2. The second kappa shape index (κ2) is 7.48. The van der Waals surface area contributed by atoms with Gasteiger partial charge in [-0.2, -0.15) is 0 Å². The van der Waals surface area contributed by atoms with E-state index in [1.54, 1.807) is 0 Å². The summed E-state index contributed by atoms with van der Waals surface area (Å²) in [4.78, 5) is 2.46. The van der Waals surface area contributed by atoms with Gasteiger partial charge in [-0.25, -0.2) is 0 Å². The third-order valence-electron chi connectivity index (χ3n) is 3.54. The Morgan fingerprint density at radius 3 is 3.05 bits per heavy atom. The lowest BCUT2D eigenvalue weighted by Gasteiger charge is -2.33. The van der Waals surface area contributed by atoms with E-state index in [-0.39, 0.29) is 0 Å². The van der Waals surface area contributed by atoms with Gasteiger partial charge < -0.3 is 15.2 Å². The summed E-state index contributed by atoms with van der Waals surface area (Å²) in [6, 6.07) is 8.49. The Kier molecular flexibility index (Phi) is 5.63. The monoisotopic (exact) mass is 264 g/mol. The second-order valence-corrected chi connectivity index (χ2v) is 4.97. The lowest BCUT2D eigenvalue weighted by Crippen LogP contribution is -2.44. The molecule has 0 saturated carbocycles. The predicted octanol–water partition coefficient (Wildman–Crippen LogP) is 1.63. The number of nitrogens with two attached hydrogens (primary N) is 1. The molecular weight excluding hydrogens is 240 g/mol. The molecule has 1 aromatic carbocycles. The molecule has 1 aromatic rings. The Morgan fingerprint density at radius 1 is 1.42 bits per heavy atom. The molecule has 19 heavy (non-hydrogen) atoms. The molecule has 0 aliphatic carbocycles. The van der Waals surface area contributed by atoms with E-state index in [4.69, 9.17) is 15.2 Å². The van der Waals surface area contributed by atoms with Crippen LogP contribution < -0.4 is 10.5 Å². The summed E-state index contributed by atoms with van der Waals surface area (Å²) >= 11 is 0. The number of hydrogen-bond acceptors (Lipinski definition) is 4. The molecule has 0 radical (unpaired) electrons. The smallest absolute Gasteiger partial charge is 0.123 e. The molecule has 4 nitrogen and oxygen atoms in total. The van der Waals surface area contributed by atoms with Crippen LogP contribution in [0.5, 0.6) is 5.75 Å². The van der Waals surface area contributed by atoms with Crippen molar-refractivity contribution in [3.8, 4) is 5.75 Å². The number of benzene rings is 1. The zero-order chi connectivity index (χ0) is 13.5. The van der Waals surface area contributed by atoms with Gasteiger partial charge in [0.15, 0.2) is 0 Å². The highest BCUT2D eigenvalue weighted by Gasteiger charge is 2.17. The maximum absolute atomic E-state index is 5.82. The average Bonchev–Trinajstić information content (AvgIpc) is 2.45. The molecule has 0 spiro atoms. The van der Waals surface area contributed by atoms with Crippen LogP contribution in [-0.4, -0.2) is 43.9 Å². The van der Waals surface area contributed by atoms with Gasteiger partial charge in [0.2, 0.25) is 0 Å². The third-order valence-corrected chi connectivity index (χ3v) is 3.54. The van der Waals surface area contributed by atoms with Crippen LogP contribution in [0.2, 0.25) is 0 Å². The van der Waals surface area contributed by atoms with E-state index >= 15 is 0 Å².